The van der Waals surface area contributed by atoms with Crippen LogP contribution in [0.15, 0.2) is 0 Å². The molecule has 0 aliphatic heterocycles. The zero-order chi connectivity index (χ0) is 14.7. The van der Waals surface area contributed by atoms with E-state index < -0.39 is 21.8 Å². The number of likely N-dealkylation sites (N-methyl/N-ethyl adjacent to an activating group) is 1. The number of rotatable bonds is 4. The van der Waals surface area contributed by atoms with Gasteiger partial charge in [-0.05, 0) is 31.6 Å². The van der Waals surface area contributed by atoms with E-state index in [0.29, 0.717) is 18.8 Å². The predicted octanol–water partition coefficient (Wildman–Crippen LogP) is 0.427. The molecule has 7 nitrogen and oxygen atoms in total. The Morgan fingerprint density at radius 3 is 2.42 bits per heavy atom. The van der Waals surface area contributed by atoms with Crippen molar-refractivity contribution in [1.29, 1.82) is 0 Å². The number of hydrogen-bond acceptors (Lipinski definition) is 5. The Hall–Kier alpha value is -0.860. The first kappa shape index (κ1) is 16.2. The number of amides is 1. The summed E-state index contributed by atoms with van der Waals surface area (Å²) in [6, 6.07) is 0. The molecule has 0 heterocycles. The summed E-state index contributed by atoms with van der Waals surface area (Å²) >= 11 is 0. The van der Waals surface area contributed by atoms with Crippen molar-refractivity contribution in [2.24, 2.45) is 11.7 Å². The summed E-state index contributed by atoms with van der Waals surface area (Å²) in [6.45, 7) is 2.37. The van der Waals surface area contributed by atoms with Crippen LogP contribution in [-0.4, -0.2) is 45.1 Å². The second-order valence-electron chi connectivity index (χ2n) is 5.18. The summed E-state index contributed by atoms with van der Waals surface area (Å²) in [5, 5.41) is 0. The second-order valence-corrected chi connectivity index (χ2v) is 6.88. The zero-order valence-corrected chi connectivity index (χ0v) is 12.5. The topological polar surface area (TPSA) is 102 Å². The van der Waals surface area contributed by atoms with Gasteiger partial charge in [-0.3, -0.25) is 0 Å². The van der Waals surface area contributed by atoms with E-state index in [4.69, 9.17) is 5.73 Å². The van der Waals surface area contributed by atoms with Gasteiger partial charge in [-0.1, -0.05) is 6.92 Å². The Kier molecular flexibility index (Phi) is 5.17. The molecule has 0 aromatic heterocycles. The van der Waals surface area contributed by atoms with Crippen molar-refractivity contribution in [3.8, 4) is 0 Å². The highest BCUT2D eigenvalue weighted by molar-refractivity contribution is 7.87. The molecule has 19 heavy (non-hydrogen) atoms. The fourth-order valence-electron chi connectivity index (χ4n) is 2.42. The van der Waals surface area contributed by atoms with Gasteiger partial charge in [0.25, 0.3) is 0 Å². The summed E-state index contributed by atoms with van der Waals surface area (Å²) in [4.78, 5) is 11.1. The Morgan fingerprint density at radius 2 is 2.00 bits per heavy atom. The maximum absolute atomic E-state index is 12.1. The molecule has 8 heteroatoms. The number of nitrogens with zero attached hydrogens (tertiary/aromatic N) is 1. The molecule has 1 aliphatic rings. The molecule has 1 amide bonds. The Balaban J connectivity index is 2.89. The molecule has 0 unspecified atom stereocenters. The van der Waals surface area contributed by atoms with Gasteiger partial charge in [-0.2, -0.15) is 12.7 Å². The molecule has 0 radical (unpaired) electrons. The SMILES string of the molecule is COC(=O)NS(=O)(=O)N(C)C1(CN)CCC(C)CC1. The van der Waals surface area contributed by atoms with Gasteiger partial charge in [0.15, 0.2) is 0 Å². The number of carbonyl (C=O) groups excluding carboxylic acids is 1. The van der Waals surface area contributed by atoms with E-state index in [-0.39, 0.29) is 6.54 Å². The van der Waals surface area contributed by atoms with Gasteiger partial charge in [0, 0.05) is 19.1 Å². The predicted molar refractivity (Wildman–Crippen MR) is 71.6 cm³/mol. The maximum atomic E-state index is 12.1. The van der Waals surface area contributed by atoms with Crippen molar-refractivity contribution < 1.29 is 17.9 Å². The number of hydrogen-bond donors (Lipinski definition) is 2. The molecule has 0 aromatic carbocycles. The third-order valence-corrected chi connectivity index (χ3v) is 5.54. The van der Waals surface area contributed by atoms with Crippen LogP contribution < -0.4 is 10.5 Å². The quantitative estimate of drug-likeness (QED) is 0.782. The van der Waals surface area contributed by atoms with Crippen molar-refractivity contribution in [2.45, 2.75) is 38.1 Å². The molecule has 0 bridgehead atoms. The smallest absolute Gasteiger partial charge is 0.421 e. The molecule has 1 fully saturated rings. The van der Waals surface area contributed by atoms with Crippen LogP contribution in [0.5, 0.6) is 0 Å². The normalized spacial score (nSPS) is 28.2. The van der Waals surface area contributed by atoms with Crippen molar-refractivity contribution in [3.63, 3.8) is 0 Å². The highest BCUT2D eigenvalue weighted by Gasteiger charge is 2.42. The number of methoxy groups -OCH3 is 1. The first-order chi connectivity index (χ1) is 8.77. The lowest BCUT2D eigenvalue weighted by Gasteiger charge is -2.44. The van der Waals surface area contributed by atoms with Crippen molar-refractivity contribution in [1.82, 2.24) is 9.03 Å². The van der Waals surface area contributed by atoms with E-state index in [9.17, 15) is 13.2 Å². The van der Waals surface area contributed by atoms with Gasteiger partial charge in [-0.15, -0.1) is 0 Å². The minimum Gasteiger partial charge on any atom is -0.452 e. The average molecular weight is 293 g/mol. The third kappa shape index (κ3) is 3.58. The Morgan fingerprint density at radius 1 is 1.47 bits per heavy atom. The lowest BCUT2D eigenvalue weighted by molar-refractivity contribution is 0.132. The van der Waals surface area contributed by atoms with Gasteiger partial charge in [0.2, 0.25) is 0 Å². The van der Waals surface area contributed by atoms with E-state index >= 15 is 0 Å². The van der Waals surface area contributed by atoms with Crippen LogP contribution in [0.25, 0.3) is 0 Å². The minimum atomic E-state index is -3.93. The van der Waals surface area contributed by atoms with E-state index in [1.165, 1.54) is 11.4 Å². The van der Waals surface area contributed by atoms with Crippen LogP contribution in [0.2, 0.25) is 0 Å². The summed E-state index contributed by atoms with van der Waals surface area (Å²) in [6.07, 6.45) is 2.25. The third-order valence-electron chi connectivity index (χ3n) is 4.01. The molecular formula is C11H23N3O4S. The molecule has 1 aliphatic carbocycles. The number of nitrogens with two attached hydrogens (primary N) is 1. The van der Waals surface area contributed by atoms with Crippen LogP contribution in [0.4, 0.5) is 4.79 Å². The standard InChI is InChI=1S/C11H23N3O4S/c1-9-4-6-11(8-12,7-5-9)14(2)19(16,17)13-10(15)18-3/h9H,4-8,12H2,1-3H3,(H,13,15). The summed E-state index contributed by atoms with van der Waals surface area (Å²) in [5.41, 5.74) is 5.18. The minimum absolute atomic E-state index is 0.234. The average Bonchev–Trinajstić information content (AvgIpc) is 2.38. The van der Waals surface area contributed by atoms with E-state index in [1.807, 2.05) is 4.72 Å². The number of carbonyl (C=O) groups is 1. The van der Waals surface area contributed by atoms with Crippen LogP contribution in [-0.2, 0) is 14.9 Å². The molecule has 0 atom stereocenters. The molecule has 0 aromatic rings. The van der Waals surface area contributed by atoms with Crippen LogP contribution in [0, 0.1) is 5.92 Å². The van der Waals surface area contributed by atoms with Gasteiger partial charge in [0.1, 0.15) is 0 Å². The van der Waals surface area contributed by atoms with Crippen molar-refractivity contribution in [2.75, 3.05) is 20.7 Å². The lowest BCUT2D eigenvalue weighted by atomic mass is 9.77. The highest BCUT2D eigenvalue weighted by atomic mass is 32.2. The number of ether oxygens (including phenoxy) is 1. The van der Waals surface area contributed by atoms with Gasteiger partial charge < -0.3 is 10.5 Å². The molecule has 3 N–H and O–H groups in total. The first-order valence-electron chi connectivity index (χ1n) is 6.32. The second kappa shape index (κ2) is 6.06. The van der Waals surface area contributed by atoms with Gasteiger partial charge in [-0.25, -0.2) is 9.52 Å². The van der Waals surface area contributed by atoms with Crippen molar-refractivity contribution >= 4 is 16.3 Å². The van der Waals surface area contributed by atoms with E-state index in [0.717, 1.165) is 20.0 Å². The van der Waals surface area contributed by atoms with Gasteiger partial charge >= 0.3 is 16.3 Å². The van der Waals surface area contributed by atoms with E-state index in [2.05, 4.69) is 11.7 Å². The molecule has 1 rings (SSSR count). The highest BCUT2D eigenvalue weighted by Crippen LogP contribution is 2.36. The maximum Gasteiger partial charge on any atom is 0.421 e. The van der Waals surface area contributed by atoms with Gasteiger partial charge in [0.05, 0.1) is 7.11 Å². The molecule has 0 spiro atoms. The molecule has 0 saturated heterocycles. The Bertz CT molecular complexity index is 416. The first-order valence-corrected chi connectivity index (χ1v) is 7.76. The monoisotopic (exact) mass is 293 g/mol. The summed E-state index contributed by atoms with van der Waals surface area (Å²) < 4.78 is 31.6. The largest absolute Gasteiger partial charge is 0.452 e. The van der Waals surface area contributed by atoms with E-state index in [1.54, 1.807) is 0 Å². The van der Waals surface area contributed by atoms with Crippen LogP contribution in [0.3, 0.4) is 0 Å². The fraction of sp³-hybridized carbons (Fsp3) is 0.909. The molecular weight excluding hydrogens is 270 g/mol. The zero-order valence-electron chi connectivity index (χ0n) is 11.7. The van der Waals surface area contributed by atoms with Crippen LogP contribution >= 0.6 is 0 Å². The Labute approximate surface area is 114 Å². The lowest BCUT2D eigenvalue weighted by Crippen LogP contribution is -2.59. The molecule has 112 valence electrons. The van der Waals surface area contributed by atoms with Crippen LogP contribution in [0.1, 0.15) is 32.6 Å². The van der Waals surface area contributed by atoms with Crippen molar-refractivity contribution in [3.05, 3.63) is 0 Å². The fourth-order valence-corrected chi connectivity index (χ4v) is 3.62. The molecule has 1 saturated carbocycles. The number of nitrogens with one attached hydrogen (secondary N) is 1. The summed E-state index contributed by atoms with van der Waals surface area (Å²) in [5.74, 6) is 0.573. The summed E-state index contributed by atoms with van der Waals surface area (Å²) in [7, 11) is -1.36.